The van der Waals surface area contributed by atoms with Crippen molar-refractivity contribution in [3.05, 3.63) is 79.9 Å². The van der Waals surface area contributed by atoms with Crippen LogP contribution in [0.25, 0.3) is 0 Å². The topological polar surface area (TPSA) is 189 Å². The van der Waals surface area contributed by atoms with E-state index < -0.39 is 34.0 Å². The molecule has 4 rings (SSSR count). The zero-order valence-corrected chi connectivity index (χ0v) is 25.4. The molecule has 2 saturated heterocycles. The summed E-state index contributed by atoms with van der Waals surface area (Å²) in [6.45, 7) is 3.05. The lowest BCUT2D eigenvalue weighted by Gasteiger charge is -2.31. The van der Waals surface area contributed by atoms with E-state index in [0.29, 0.717) is 17.5 Å². The Kier molecular flexibility index (Phi) is 10.9. The fraction of sp³-hybridized carbons (Fsp3) is 0.448. The number of carbonyl (C=O) groups is 4. The van der Waals surface area contributed by atoms with E-state index in [1.54, 1.807) is 0 Å². The number of likely N-dealkylation sites (tertiary alicyclic amines) is 2. The number of hydrogen-bond donors (Lipinski definition) is 0. The number of esters is 1. The molecule has 4 atom stereocenters. The van der Waals surface area contributed by atoms with Crippen LogP contribution >= 0.6 is 11.8 Å². The molecule has 16 heteroatoms. The van der Waals surface area contributed by atoms with Crippen molar-refractivity contribution < 1.29 is 43.2 Å². The van der Waals surface area contributed by atoms with Crippen LogP contribution in [0.15, 0.2) is 48.5 Å². The lowest BCUT2D eigenvalue weighted by Crippen LogP contribution is -2.44. The molecule has 0 saturated carbocycles. The Bertz CT molecular complexity index is 1440. The lowest BCUT2D eigenvalue weighted by molar-refractivity contribution is -0.385. The first-order chi connectivity index (χ1) is 21.4. The second-order valence-electron chi connectivity index (χ2n) is 10.8. The van der Waals surface area contributed by atoms with Crippen LogP contribution in [0, 0.1) is 32.1 Å². The van der Waals surface area contributed by atoms with Crippen LogP contribution in [0.1, 0.15) is 31.4 Å². The van der Waals surface area contributed by atoms with E-state index in [2.05, 4.69) is 0 Å². The van der Waals surface area contributed by atoms with Crippen molar-refractivity contribution in [2.75, 3.05) is 26.2 Å². The molecule has 0 spiro atoms. The first kappa shape index (κ1) is 33.2. The molecule has 0 N–H and O–H groups in total. The molecular weight excluding hydrogens is 612 g/mol. The van der Waals surface area contributed by atoms with Crippen molar-refractivity contribution in [1.29, 1.82) is 0 Å². The summed E-state index contributed by atoms with van der Waals surface area (Å²) >= 11 is 1.11. The predicted molar refractivity (Wildman–Crippen MR) is 159 cm³/mol. The number of nitrogens with zero attached hydrogens (tertiary/aromatic N) is 4. The minimum atomic E-state index is -0.643. The van der Waals surface area contributed by atoms with E-state index in [-0.39, 0.29) is 73.0 Å². The van der Waals surface area contributed by atoms with E-state index in [9.17, 15) is 39.4 Å². The number of ether oxygens (including phenoxy) is 3. The number of benzene rings is 2. The van der Waals surface area contributed by atoms with E-state index in [1.807, 2.05) is 0 Å². The average molecular weight is 645 g/mol. The Balaban J connectivity index is 1.47. The Labute approximate surface area is 262 Å². The highest BCUT2D eigenvalue weighted by atomic mass is 32.2. The number of non-ortho nitro benzene ring substituents is 2. The summed E-state index contributed by atoms with van der Waals surface area (Å²) in [6.07, 6.45) is -0.844. The molecule has 2 heterocycles. The second kappa shape index (κ2) is 14.8. The summed E-state index contributed by atoms with van der Waals surface area (Å²) in [6, 6.07) is 10.8. The Morgan fingerprint density at radius 1 is 0.800 bits per heavy atom. The zero-order chi connectivity index (χ0) is 32.7. The molecule has 2 aromatic rings. The Hall–Kier alpha value is -4.73. The number of nitro groups is 2. The van der Waals surface area contributed by atoms with Crippen molar-refractivity contribution >= 4 is 46.4 Å². The van der Waals surface area contributed by atoms with Crippen LogP contribution in [0.5, 0.6) is 0 Å². The molecular formula is C29H32N4O11S. The van der Waals surface area contributed by atoms with Crippen LogP contribution < -0.4 is 0 Å². The molecule has 0 aliphatic carbocycles. The monoisotopic (exact) mass is 644 g/mol. The van der Waals surface area contributed by atoms with Crippen molar-refractivity contribution in [2.45, 2.75) is 44.8 Å². The summed E-state index contributed by atoms with van der Waals surface area (Å²) in [5.74, 6) is -1.19. The number of nitro benzene ring substituents is 2. The molecule has 0 aromatic heterocycles. The van der Waals surface area contributed by atoms with Gasteiger partial charge in [0.1, 0.15) is 13.2 Å². The van der Waals surface area contributed by atoms with Crippen molar-refractivity contribution in [2.24, 2.45) is 11.8 Å². The average Bonchev–Trinajstić information content (AvgIpc) is 3.62. The van der Waals surface area contributed by atoms with Crippen molar-refractivity contribution in [3.63, 3.8) is 0 Å². The molecule has 45 heavy (non-hydrogen) atoms. The quantitative estimate of drug-likeness (QED) is 0.154. The third kappa shape index (κ3) is 8.90. The van der Waals surface area contributed by atoms with Gasteiger partial charge in [0.2, 0.25) is 0 Å². The van der Waals surface area contributed by atoms with Gasteiger partial charge >= 0.3 is 18.2 Å². The third-order valence-electron chi connectivity index (χ3n) is 7.64. The van der Waals surface area contributed by atoms with Crippen LogP contribution in [-0.4, -0.2) is 80.5 Å². The molecule has 2 fully saturated rings. The van der Waals surface area contributed by atoms with Crippen molar-refractivity contribution in [3.8, 4) is 0 Å². The molecule has 2 unspecified atom stereocenters. The number of rotatable bonds is 10. The first-order valence-corrected chi connectivity index (χ1v) is 14.9. The molecule has 2 amide bonds. The van der Waals surface area contributed by atoms with Gasteiger partial charge in [0.15, 0.2) is 5.12 Å². The highest BCUT2D eigenvalue weighted by Crippen LogP contribution is 2.39. The minimum absolute atomic E-state index is 0.00116. The van der Waals surface area contributed by atoms with Crippen LogP contribution in [-0.2, 0) is 37.0 Å². The second-order valence-corrected chi connectivity index (χ2v) is 12.3. The van der Waals surface area contributed by atoms with Gasteiger partial charge in [-0.1, -0.05) is 11.8 Å². The first-order valence-electron chi connectivity index (χ1n) is 14.0. The molecule has 15 nitrogen and oxygen atoms in total. The third-order valence-corrected chi connectivity index (χ3v) is 8.64. The van der Waals surface area contributed by atoms with E-state index in [1.165, 1.54) is 72.2 Å². The van der Waals surface area contributed by atoms with Gasteiger partial charge in [-0.15, -0.1) is 0 Å². The highest BCUT2D eigenvalue weighted by molar-refractivity contribution is 8.14. The summed E-state index contributed by atoms with van der Waals surface area (Å²) in [5.41, 5.74) is 0.928. The maximum Gasteiger partial charge on any atom is 0.410 e. The standard InChI is InChI=1S/C29H32N4O11S/c1-18(34)42-17-22-12-30(28(36)43-15-20-3-7-23(8-4-20)32(38)39)14-26(22)27-11-25(45-19(2)35)13-31(27)29(37)44-16-21-5-9-24(10-6-21)33(40)41/h3-10,22,25-27H,11-17H2,1-2H3/t22?,25-,26?,27-/m0/s1. The van der Waals surface area contributed by atoms with Crippen LogP contribution in [0.4, 0.5) is 21.0 Å². The number of carbonyl (C=O) groups excluding carboxylic acids is 4. The largest absolute Gasteiger partial charge is 0.465 e. The smallest absolute Gasteiger partial charge is 0.410 e. The summed E-state index contributed by atoms with van der Waals surface area (Å²) in [7, 11) is 0. The molecule has 2 aliphatic rings. The SMILES string of the molecule is CC(=O)OCC1CN(C(=O)OCc2ccc([N+](=O)[O-])cc2)CC1[C@@H]1C[C@H](SC(C)=O)CN1C(=O)OCc1ccc([N+](=O)[O-])cc1. The highest BCUT2D eigenvalue weighted by Gasteiger charge is 2.48. The normalized spacial score (nSPS) is 20.8. The van der Waals surface area contributed by atoms with Gasteiger partial charge in [0, 0.05) is 80.9 Å². The number of amides is 2. The van der Waals surface area contributed by atoms with Gasteiger partial charge < -0.3 is 24.0 Å². The Morgan fingerprint density at radius 2 is 1.33 bits per heavy atom. The molecule has 0 bridgehead atoms. The van der Waals surface area contributed by atoms with E-state index in [4.69, 9.17) is 14.2 Å². The van der Waals surface area contributed by atoms with Gasteiger partial charge in [-0.05, 0) is 41.8 Å². The summed E-state index contributed by atoms with van der Waals surface area (Å²) in [5, 5.41) is 21.5. The fourth-order valence-electron chi connectivity index (χ4n) is 5.54. The maximum atomic E-state index is 13.4. The van der Waals surface area contributed by atoms with Gasteiger partial charge in [-0.25, -0.2) is 9.59 Å². The molecule has 240 valence electrons. The molecule has 2 aliphatic heterocycles. The van der Waals surface area contributed by atoms with Crippen molar-refractivity contribution in [1.82, 2.24) is 9.80 Å². The predicted octanol–water partition coefficient (Wildman–Crippen LogP) is 4.31. The van der Waals surface area contributed by atoms with Crippen LogP contribution in [0.3, 0.4) is 0 Å². The summed E-state index contributed by atoms with van der Waals surface area (Å²) in [4.78, 5) is 73.8. The maximum absolute atomic E-state index is 13.4. The van der Waals surface area contributed by atoms with Gasteiger partial charge in [-0.3, -0.25) is 29.8 Å². The number of thioether (sulfide) groups is 1. The fourth-order valence-corrected chi connectivity index (χ4v) is 6.53. The van der Waals surface area contributed by atoms with Crippen LogP contribution in [0.2, 0.25) is 0 Å². The van der Waals surface area contributed by atoms with E-state index in [0.717, 1.165) is 11.8 Å². The summed E-state index contributed by atoms with van der Waals surface area (Å²) < 4.78 is 16.3. The zero-order valence-electron chi connectivity index (χ0n) is 24.6. The van der Waals surface area contributed by atoms with Gasteiger partial charge in [0.05, 0.1) is 16.5 Å². The van der Waals surface area contributed by atoms with Gasteiger partial charge in [0.25, 0.3) is 11.4 Å². The van der Waals surface area contributed by atoms with E-state index >= 15 is 0 Å². The van der Waals surface area contributed by atoms with Gasteiger partial charge in [-0.2, -0.15) is 0 Å². The molecule has 2 aromatic carbocycles. The molecule has 0 radical (unpaired) electrons. The Morgan fingerprint density at radius 3 is 1.82 bits per heavy atom. The minimum Gasteiger partial charge on any atom is -0.465 e. The lowest BCUT2D eigenvalue weighted by atomic mass is 9.88. The number of hydrogen-bond acceptors (Lipinski definition) is 12.